The second-order valence-corrected chi connectivity index (χ2v) is 7.69. The molecule has 0 aliphatic rings. The van der Waals surface area contributed by atoms with Crippen LogP contribution in [0.2, 0.25) is 0 Å². The molecule has 0 fully saturated rings. The van der Waals surface area contributed by atoms with Crippen LogP contribution in [0.25, 0.3) is 33.5 Å². The Bertz CT molecular complexity index is 1580. The number of aromatic hydroxyl groups is 1. The van der Waals surface area contributed by atoms with Crippen molar-refractivity contribution in [2.45, 2.75) is 0 Å². The first-order valence-corrected chi connectivity index (χ1v) is 10.5. The summed E-state index contributed by atoms with van der Waals surface area (Å²) in [6.45, 7) is 0. The molecule has 0 atom stereocenters. The first-order chi connectivity index (χ1) is 16.9. The number of hydrogen-bond donors (Lipinski definition) is 3. The number of aromatic nitrogens is 3. The molecule has 35 heavy (non-hydrogen) atoms. The lowest BCUT2D eigenvalue weighted by molar-refractivity contribution is 0.102. The quantitative estimate of drug-likeness (QED) is 0.312. The topological polar surface area (TPSA) is 100 Å². The standard InChI is InChI=1S/C26H18F2N4O3/c1-35-26-17(3-2-10-29-26)14-5-9-23(33)18(11-14)24-30-21-7-4-15(12-22(21)31-24)25(34)32-20-8-6-16(27)13-19(20)28/h2-13,33H,1H3,(H,30,31)(H,32,34). The average molecular weight is 472 g/mol. The fraction of sp³-hybridized carbons (Fsp3) is 0.0385. The van der Waals surface area contributed by atoms with E-state index < -0.39 is 17.5 Å². The number of pyridine rings is 1. The van der Waals surface area contributed by atoms with Crippen molar-refractivity contribution in [3.05, 3.63) is 90.1 Å². The van der Waals surface area contributed by atoms with Gasteiger partial charge < -0.3 is 20.1 Å². The number of hydrogen-bond acceptors (Lipinski definition) is 5. The Morgan fingerprint density at radius 1 is 1.03 bits per heavy atom. The molecule has 0 aliphatic heterocycles. The number of H-pyrrole nitrogens is 1. The summed E-state index contributed by atoms with van der Waals surface area (Å²) in [7, 11) is 1.53. The molecule has 2 aromatic heterocycles. The van der Waals surface area contributed by atoms with Crippen molar-refractivity contribution in [3.8, 4) is 34.1 Å². The van der Waals surface area contributed by atoms with E-state index in [0.29, 0.717) is 34.4 Å². The van der Waals surface area contributed by atoms with Gasteiger partial charge in [-0.15, -0.1) is 0 Å². The highest BCUT2D eigenvalue weighted by Gasteiger charge is 2.16. The Morgan fingerprint density at radius 3 is 2.69 bits per heavy atom. The van der Waals surface area contributed by atoms with Crippen molar-refractivity contribution >= 4 is 22.6 Å². The third kappa shape index (κ3) is 4.26. The van der Waals surface area contributed by atoms with Crippen LogP contribution in [-0.4, -0.2) is 33.1 Å². The first kappa shape index (κ1) is 22.0. The molecular formula is C26H18F2N4O3. The molecule has 3 N–H and O–H groups in total. The lowest BCUT2D eigenvalue weighted by atomic mass is 10.0. The van der Waals surface area contributed by atoms with Crippen LogP contribution in [0.15, 0.2) is 72.9 Å². The number of carbonyl (C=O) groups is 1. The maximum Gasteiger partial charge on any atom is 0.255 e. The zero-order chi connectivity index (χ0) is 24.5. The third-order valence-corrected chi connectivity index (χ3v) is 5.45. The van der Waals surface area contributed by atoms with Gasteiger partial charge in [0.2, 0.25) is 5.88 Å². The third-order valence-electron chi connectivity index (χ3n) is 5.45. The number of nitrogens with one attached hydrogen (secondary N) is 2. The summed E-state index contributed by atoms with van der Waals surface area (Å²) in [6, 6.07) is 16.4. The minimum absolute atomic E-state index is 0.0143. The molecule has 5 aromatic rings. The van der Waals surface area contributed by atoms with Gasteiger partial charge in [-0.25, -0.2) is 18.7 Å². The van der Waals surface area contributed by atoms with Crippen molar-refractivity contribution in [1.82, 2.24) is 15.0 Å². The van der Waals surface area contributed by atoms with Gasteiger partial charge in [-0.3, -0.25) is 4.79 Å². The van der Waals surface area contributed by atoms with Crippen LogP contribution in [0, 0.1) is 11.6 Å². The van der Waals surface area contributed by atoms with Gasteiger partial charge in [0.05, 0.1) is 29.4 Å². The van der Waals surface area contributed by atoms with Crippen LogP contribution in [0.4, 0.5) is 14.5 Å². The van der Waals surface area contributed by atoms with Crippen molar-refractivity contribution in [2.24, 2.45) is 0 Å². The van der Waals surface area contributed by atoms with Gasteiger partial charge in [0, 0.05) is 23.4 Å². The zero-order valence-electron chi connectivity index (χ0n) is 18.3. The van der Waals surface area contributed by atoms with Crippen LogP contribution in [0.3, 0.4) is 0 Å². The first-order valence-electron chi connectivity index (χ1n) is 10.5. The maximum absolute atomic E-state index is 13.9. The van der Waals surface area contributed by atoms with E-state index >= 15 is 0 Å². The molecule has 0 unspecified atom stereocenters. The number of carbonyl (C=O) groups excluding carboxylic acids is 1. The van der Waals surface area contributed by atoms with Crippen molar-refractivity contribution < 1.29 is 23.4 Å². The number of aromatic amines is 1. The van der Waals surface area contributed by atoms with E-state index in [2.05, 4.69) is 20.3 Å². The summed E-state index contributed by atoms with van der Waals surface area (Å²) in [4.78, 5) is 24.5. The van der Waals surface area contributed by atoms with Crippen molar-refractivity contribution in [2.75, 3.05) is 12.4 Å². The number of ether oxygens (including phenoxy) is 1. The number of halogens is 2. The number of amides is 1. The molecule has 0 aliphatic carbocycles. The van der Waals surface area contributed by atoms with E-state index in [4.69, 9.17) is 4.74 Å². The van der Waals surface area contributed by atoms with Crippen LogP contribution in [-0.2, 0) is 0 Å². The molecule has 0 saturated heterocycles. The van der Waals surface area contributed by atoms with E-state index in [1.165, 1.54) is 13.2 Å². The molecule has 5 rings (SSSR count). The van der Waals surface area contributed by atoms with Gasteiger partial charge in [0.25, 0.3) is 5.91 Å². The largest absolute Gasteiger partial charge is 0.507 e. The van der Waals surface area contributed by atoms with Gasteiger partial charge in [0.1, 0.15) is 23.2 Å². The van der Waals surface area contributed by atoms with E-state index in [-0.39, 0.29) is 17.0 Å². The van der Waals surface area contributed by atoms with Crippen molar-refractivity contribution in [1.29, 1.82) is 0 Å². The Balaban J connectivity index is 1.48. The molecule has 0 radical (unpaired) electrons. The fourth-order valence-corrected chi connectivity index (χ4v) is 3.73. The summed E-state index contributed by atoms with van der Waals surface area (Å²) in [5.74, 6) is -1.33. The van der Waals surface area contributed by atoms with Gasteiger partial charge >= 0.3 is 0 Å². The summed E-state index contributed by atoms with van der Waals surface area (Å²) in [5.41, 5.74) is 3.17. The predicted octanol–water partition coefficient (Wildman–Crippen LogP) is 5.54. The monoisotopic (exact) mass is 472 g/mol. The van der Waals surface area contributed by atoms with Gasteiger partial charge in [-0.2, -0.15) is 0 Å². The van der Waals surface area contributed by atoms with E-state index in [1.54, 1.807) is 42.6 Å². The molecule has 9 heteroatoms. The van der Waals surface area contributed by atoms with Gasteiger partial charge in [-0.05, 0) is 60.2 Å². The molecule has 174 valence electrons. The molecule has 3 aromatic carbocycles. The number of phenolic OH excluding ortho intramolecular Hbond substituents is 1. The zero-order valence-corrected chi connectivity index (χ0v) is 18.3. The molecule has 0 bridgehead atoms. The Morgan fingerprint density at radius 2 is 1.89 bits per heavy atom. The fourth-order valence-electron chi connectivity index (χ4n) is 3.73. The summed E-state index contributed by atoms with van der Waals surface area (Å²) in [6.07, 6.45) is 1.63. The molecule has 1 amide bonds. The highest BCUT2D eigenvalue weighted by atomic mass is 19.1. The predicted molar refractivity (Wildman–Crippen MR) is 127 cm³/mol. The molecule has 0 spiro atoms. The summed E-state index contributed by atoms with van der Waals surface area (Å²) in [5, 5.41) is 12.9. The number of fused-ring (bicyclic) bond motifs is 1. The van der Waals surface area contributed by atoms with Crippen LogP contribution < -0.4 is 10.1 Å². The Kier molecular flexibility index (Phi) is 5.58. The Hall–Kier alpha value is -4.79. The highest BCUT2D eigenvalue weighted by Crippen LogP contribution is 2.35. The Labute approximate surface area is 198 Å². The number of anilines is 1. The lowest BCUT2D eigenvalue weighted by Gasteiger charge is -2.09. The molecular weight excluding hydrogens is 454 g/mol. The summed E-state index contributed by atoms with van der Waals surface area (Å²) >= 11 is 0. The number of nitrogens with zero attached hydrogens (tertiary/aromatic N) is 2. The van der Waals surface area contributed by atoms with Crippen LogP contribution in [0.1, 0.15) is 10.4 Å². The highest BCUT2D eigenvalue weighted by molar-refractivity contribution is 6.06. The smallest absolute Gasteiger partial charge is 0.255 e. The van der Waals surface area contributed by atoms with Crippen LogP contribution in [0.5, 0.6) is 11.6 Å². The van der Waals surface area contributed by atoms with E-state index in [9.17, 15) is 18.7 Å². The van der Waals surface area contributed by atoms with Gasteiger partial charge in [-0.1, -0.05) is 6.07 Å². The second kappa shape index (κ2) is 8.86. The number of rotatable bonds is 5. The second-order valence-electron chi connectivity index (χ2n) is 7.69. The van der Waals surface area contributed by atoms with E-state index in [0.717, 1.165) is 23.3 Å². The number of imidazole rings is 1. The summed E-state index contributed by atoms with van der Waals surface area (Å²) < 4.78 is 32.4. The number of phenols is 1. The maximum atomic E-state index is 13.9. The minimum atomic E-state index is -0.873. The number of benzene rings is 3. The van der Waals surface area contributed by atoms with Crippen LogP contribution >= 0.6 is 0 Å². The molecule has 2 heterocycles. The molecule has 7 nitrogen and oxygen atoms in total. The van der Waals surface area contributed by atoms with Gasteiger partial charge in [0.15, 0.2) is 0 Å². The lowest BCUT2D eigenvalue weighted by Crippen LogP contribution is -2.13. The van der Waals surface area contributed by atoms with Crippen molar-refractivity contribution in [3.63, 3.8) is 0 Å². The van der Waals surface area contributed by atoms with E-state index in [1.807, 2.05) is 6.07 Å². The molecule has 0 saturated carbocycles. The normalized spacial score (nSPS) is 10.9. The average Bonchev–Trinajstić information content (AvgIpc) is 3.29. The SMILES string of the molecule is COc1ncccc1-c1ccc(O)c(-c2nc3cc(C(=O)Nc4ccc(F)cc4F)ccc3[nH]2)c1. The number of methoxy groups -OCH3 is 1. The minimum Gasteiger partial charge on any atom is -0.507 e.